The summed E-state index contributed by atoms with van der Waals surface area (Å²) in [7, 11) is 0. The van der Waals surface area contributed by atoms with Gasteiger partial charge in [-0.3, -0.25) is 10.1 Å². The standard InChI is InChI=1S/C14H13NO6/c1-8-3-9(2)13(12(4-8)15(18)19)21-7-11-5-10(6-20-11)14(16)17/h3-6H,7H2,1-2H3,(H,16,17). The van der Waals surface area contributed by atoms with Crippen LogP contribution in [0.3, 0.4) is 0 Å². The van der Waals surface area contributed by atoms with Crippen molar-refractivity contribution in [1.29, 1.82) is 0 Å². The number of hydrogen-bond donors (Lipinski definition) is 1. The molecule has 0 saturated carbocycles. The minimum atomic E-state index is -1.11. The monoisotopic (exact) mass is 291 g/mol. The van der Waals surface area contributed by atoms with Crippen molar-refractivity contribution in [1.82, 2.24) is 0 Å². The van der Waals surface area contributed by atoms with Gasteiger partial charge in [0.1, 0.15) is 18.6 Å². The van der Waals surface area contributed by atoms with Gasteiger partial charge in [-0.25, -0.2) is 4.79 Å². The normalized spacial score (nSPS) is 10.4. The lowest BCUT2D eigenvalue weighted by molar-refractivity contribution is -0.386. The van der Waals surface area contributed by atoms with Gasteiger partial charge in [-0.2, -0.15) is 0 Å². The second kappa shape index (κ2) is 5.66. The van der Waals surface area contributed by atoms with E-state index in [0.717, 1.165) is 11.8 Å². The number of hydrogen-bond acceptors (Lipinski definition) is 5. The third-order valence-electron chi connectivity index (χ3n) is 2.86. The molecule has 0 bridgehead atoms. The van der Waals surface area contributed by atoms with Gasteiger partial charge in [0.25, 0.3) is 0 Å². The lowest BCUT2D eigenvalue weighted by Gasteiger charge is -2.09. The van der Waals surface area contributed by atoms with Gasteiger partial charge >= 0.3 is 11.7 Å². The van der Waals surface area contributed by atoms with E-state index < -0.39 is 10.9 Å². The predicted molar refractivity (Wildman–Crippen MR) is 72.6 cm³/mol. The first-order valence-corrected chi connectivity index (χ1v) is 6.07. The summed E-state index contributed by atoms with van der Waals surface area (Å²) in [4.78, 5) is 21.3. The van der Waals surface area contributed by atoms with E-state index >= 15 is 0 Å². The van der Waals surface area contributed by atoms with Gasteiger partial charge in [0.05, 0.1) is 10.5 Å². The predicted octanol–water partition coefficient (Wildman–Crippen LogP) is 3.08. The third-order valence-corrected chi connectivity index (χ3v) is 2.86. The summed E-state index contributed by atoms with van der Waals surface area (Å²) >= 11 is 0. The molecular formula is C14H13NO6. The first-order valence-electron chi connectivity index (χ1n) is 6.07. The van der Waals surface area contributed by atoms with Gasteiger partial charge in [-0.05, 0) is 31.0 Å². The number of nitro benzene ring substituents is 1. The van der Waals surface area contributed by atoms with Crippen LogP contribution in [0.2, 0.25) is 0 Å². The quantitative estimate of drug-likeness (QED) is 0.670. The molecule has 0 saturated heterocycles. The Bertz CT molecular complexity index is 703. The van der Waals surface area contributed by atoms with Crippen molar-refractivity contribution in [3.05, 3.63) is 57.0 Å². The highest BCUT2D eigenvalue weighted by atomic mass is 16.6. The molecule has 110 valence electrons. The summed E-state index contributed by atoms with van der Waals surface area (Å²) in [5.41, 5.74) is 1.27. The zero-order chi connectivity index (χ0) is 15.6. The molecule has 1 heterocycles. The molecule has 0 atom stereocenters. The van der Waals surface area contributed by atoms with E-state index in [1.165, 1.54) is 12.1 Å². The minimum absolute atomic E-state index is 0.00345. The number of carbonyl (C=O) groups is 1. The molecule has 0 aliphatic carbocycles. The largest absolute Gasteiger partial charge is 0.478 e. The summed E-state index contributed by atoms with van der Waals surface area (Å²) in [6.45, 7) is 3.38. The van der Waals surface area contributed by atoms with Gasteiger partial charge in [0, 0.05) is 6.07 Å². The molecule has 2 rings (SSSR count). The van der Waals surface area contributed by atoms with Crippen LogP contribution in [-0.4, -0.2) is 16.0 Å². The average molecular weight is 291 g/mol. The Morgan fingerprint density at radius 3 is 2.67 bits per heavy atom. The van der Waals surface area contributed by atoms with E-state index in [0.29, 0.717) is 5.56 Å². The van der Waals surface area contributed by atoms with Crippen LogP contribution in [0.15, 0.2) is 28.9 Å². The first kappa shape index (κ1) is 14.6. The van der Waals surface area contributed by atoms with Crippen molar-refractivity contribution in [2.75, 3.05) is 0 Å². The Morgan fingerprint density at radius 1 is 1.38 bits per heavy atom. The maximum atomic E-state index is 11.1. The van der Waals surface area contributed by atoms with Gasteiger partial charge < -0.3 is 14.3 Å². The van der Waals surface area contributed by atoms with Crippen LogP contribution in [0, 0.1) is 24.0 Å². The maximum absolute atomic E-state index is 11.1. The van der Waals surface area contributed by atoms with E-state index in [9.17, 15) is 14.9 Å². The molecule has 7 nitrogen and oxygen atoms in total. The molecule has 0 fully saturated rings. The van der Waals surface area contributed by atoms with Crippen molar-refractivity contribution < 1.29 is 24.0 Å². The Hall–Kier alpha value is -2.83. The molecule has 0 radical (unpaired) electrons. The number of benzene rings is 1. The van der Waals surface area contributed by atoms with Gasteiger partial charge in [0.15, 0.2) is 0 Å². The van der Waals surface area contributed by atoms with E-state index in [1.807, 2.05) is 0 Å². The highest BCUT2D eigenvalue weighted by Gasteiger charge is 2.19. The van der Waals surface area contributed by atoms with Crippen LogP contribution in [0.5, 0.6) is 5.75 Å². The van der Waals surface area contributed by atoms with Crippen LogP contribution < -0.4 is 4.74 Å². The maximum Gasteiger partial charge on any atom is 0.338 e. The van der Waals surface area contributed by atoms with E-state index in [2.05, 4.69) is 0 Å². The third kappa shape index (κ3) is 3.19. The Kier molecular flexibility index (Phi) is 3.93. The number of carboxylic acids is 1. The van der Waals surface area contributed by atoms with Crippen molar-refractivity contribution in [2.45, 2.75) is 20.5 Å². The number of nitro groups is 1. The summed E-state index contributed by atoms with van der Waals surface area (Å²) in [5.74, 6) is -0.678. The van der Waals surface area contributed by atoms with Gasteiger partial charge in [-0.15, -0.1) is 0 Å². The number of rotatable bonds is 5. The van der Waals surface area contributed by atoms with Crippen LogP contribution in [0.25, 0.3) is 0 Å². The van der Waals surface area contributed by atoms with Gasteiger partial charge in [-0.1, -0.05) is 6.07 Å². The van der Waals surface area contributed by atoms with Crippen LogP contribution in [-0.2, 0) is 6.61 Å². The van der Waals surface area contributed by atoms with Crippen LogP contribution >= 0.6 is 0 Å². The van der Waals surface area contributed by atoms with Crippen LogP contribution in [0.4, 0.5) is 5.69 Å². The number of aromatic carboxylic acids is 1. The zero-order valence-electron chi connectivity index (χ0n) is 11.5. The molecule has 0 unspecified atom stereocenters. The lowest BCUT2D eigenvalue weighted by Crippen LogP contribution is -2.01. The molecule has 0 spiro atoms. The summed E-state index contributed by atoms with van der Waals surface area (Å²) in [6, 6.07) is 4.51. The second-order valence-corrected chi connectivity index (χ2v) is 4.58. The van der Waals surface area contributed by atoms with Crippen molar-refractivity contribution in [2.24, 2.45) is 0 Å². The SMILES string of the molecule is Cc1cc(C)c(OCc2cc(C(=O)O)co2)c([N+](=O)[O-])c1. The lowest BCUT2D eigenvalue weighted by atomic mass is 10.1. The molecule has 1 aromatic carbocycles. The summed E-state index contributed by atoms with van der Waals surface area (Å²) in [6.07, 6.45) is 1.09. The van der Waals surface area contributed by atoms with Gasteiger partial charge in [0.2, 0.25) is 5.75 Å². The molecule has 1 N–H and O–H groups in total. The topological polar surface area (TPSA) is 103 Å². The molecule has 0 aliphatic heterocycles. The van der Waals surface area contributed by atoms with Crippen molar-refractivity contribution in [3.63, 3.8) is 0 Å². The Balaban J connectivity index is 2.23. The Labute approximate surface area is 119 Å². The van der Waals surface area contributed by atoms with Crippen molar-refractivity contribution >= 4 is 11.7 Å². The molecular weight excluding hydrogens is 278 g/mol. The fourth-order valence-corrected chi connectivity index (χ4v) is 1.97. The molecule has 1 aromatic heterocycles. The number of nitrogens with zero attached hydrogens (tertiary/aromatic N) is 1. The van der Waals surface area contributed by atoms with Crippen LogP contribution in [0.1, 0.15) is 27.2 Å². The summed E-state index contributed by atoms with van der Waals surface area (Å²) < 4.78 is 10.5. The second-order valence-electron chi connectivity index (χ2n) is 4.58. The highest BCUT2D eigenvalue weighted by Crippen LogP contribution is 2.32. The molecule has 2 aromatic rings. The first-order chi connectivity index (χ1) is 9.88. The van der Waals surface area contributed by atoms with E-state index in [4.69, 9.17) is 14.3 Å². The molecule has 7 heteroatoms. The van der Waals surface area contributed by atoms with E-state index in [1.54, 1.807) is 19.9 Å². The number of furan rings is 1. The molecule has 21 heavy (non-hydrogen) atoms. The number of ether oxygens (including phenoxy) is 1. The Morgan fingerprint density at radius 2 is 2.10 bits per heavy atom. The molecule has 0 amide bonds. The number of aryl methyl sites for hydroxylation is 2. The highest BCUT2D eigenvalue weighted by molar-refractivity contribution is 5.87. The fraction of sp³-hybridized carbons (Fsp3) is 0.214. The minimum Gasteiger partial charge on any atom is -0.478 e. The average Bonchev–Trinajstić information content (AvgIpc) is 2.85. The van der Waals surface area contributed by atoms with Crippen molar-refractivity contribution in [3.8, 4) is 5.75 Å². The number of carboxylic acid groups (broad SMARTS) is 1. The summed E-state index contributed by atoms with van der Waals surface area (Å²) in [5, 5.41) is 19.8. The van der Waals surface area contributed by atoms with E-state index in [-0.39, 0.29) is 29.4 Å². The fourth-order valence-electron chi connectivity index (χ4n) is 1.97. The smallest absolute Gasteiger partial charge is 0.338 e. The molecule has 0 aliphatic rings. The zero-order valence-corrected chi connectivity index (χ0v) is 11.5.